The summed E-state index contributed by atoms with van der Waals surface area (Å²) in [5.74, 6) is 0.0767. The number of aromatic nitrogens is 1. The molecular formula is C11H13FN2S. The van der Waals surface area contributed by atoms with Crippen LogP contribution in [0.15, 0.2) is 6.07 Å². The normalized spacial score (nSPS) is 11.5. The first kappa shape index (κ1) is 10.4. The molecule has 0 atom stereocenters. The van der Waals surface area contributed by atoms with Crippen molar-refractivity contribution in [3.8, 4) is 0 Å². The molecule has 2 aromatic rings. The summed E-state index contributed by atoms with van der Waals surface area (Å²) in [7, 11) is 0. The van der Waals surface area contributed by atoms with Gasteiger partial charge in [-0.3, -0.25) is 0 Å². The predicted octanol–water partition coefficient (Wildman–Crippen LogP) is 3.45. The van der Waals surface area contributed by atoms with Crippen molar-refractivity contribution in [2.24, 2.45) is 0 Å². The van der Waals surface area contributed by atoms with Crippen LogP contribution in [-0.4, -0.2) is 4.98 Å². The number of nitrogen functional groups attached to an aromatic ring is 1. The third kappa shape index (κ3) is 1.59. The maximum atomic E-state index is 13.6. The molecule has 1 aromatic heterocycles. The summed E-state index contributed by atoms with van der Waals surface area (Å²) in [6.45, 7) is 6.11. The zero-order chi connectivity index (χ0) is 11.2. The average Bonchev–Trinajstić information content (AvgIpc) is 2.45. The molecule has 1 aromatic carbocycles. The quantitative estimate of drug-likeness (QED) is 0.805. The Balaban J connectivity index is 2.89. The lowest BCUT2D eigenvalue weighted by Crippen LogP contribution is -1.94. The summed E-state index contributed by atoms with van der Waals surface area (Å²) in [6.07, 6.45) is 0. The highest BCUT2D eigenvalue weighted by atomic mass is 32.1. The molecule has 0 fully saturated rings. The maximum absolute atomic E-state index is 13.6. The van der Waals surface area contributed by atoms with E-state index in [4.69, 9.17) is 5.73 Å². The van der Waals surface area contributed by atoms with Gasteiger partial charge in [0.1, 0.15) is 5.52 Å². The Morgan fingerprint density at radius 3 is 2.73 bits per heavy atom. The van der Waals surface area contributed by atoms with Crippen molar-refractivity contribution in [1.29, 1.82) is 0 Å². The van der Waals surface area contributed by atoms with Crippen molar-refractivity contribution in [3.05, 3.63) is 23.0 Å². The minimum Gasteiger partial charge on any atom is -0.375 e. The molecular weight excluding hydrogens is 211 g/mol. The van der Waals surface area contributed by atoms with Gasteiger partial charge in [-0.2, -0.15) is 0 Å². The van der Waals surface area contributed by atoms with Crippen LogP contribution in [-0.2, 0) is 0 Å². The Bertz CT molecular complexity index is 517. The number of nitrogens with zero attached hydrogens (tertiary/aromatic N) is 1. The summed E-state index contributed by atoms with van der Waals surface area (Å²) in [5.41, 5.74) is 8.15. The molecule has 0 radical (unpaired) electrons. The third-order valence-electron chi connectivity index (χ3n) is 2.46. The number of nitrogens with two attached hydrogens (primary N) is 1. The first-order chi connectivity index (χ1) is 7.00. The van der Waals surface area contributed by atoms with Gasteiger partial charge in [0.25, 0.3) is 0 Å². The Morgan fingerprint density at radius 1 is 1.47 bits per heavy atom. The second-order valence-electron chi connectivity index (χ2n) is 3.97. The molecule has 4 heteroatoms. The van der Waals surface area contributed by atoms with Crippen LogP contribution in [0.2, 0.25) is 0 Å². The van der Waals surface area contributed by atoms with Crippen LogP contribution in [0, 0.1) is 12.7 Å². The Hall–Kier alpha value is -1.16. The molecule has 0 saturated heterocycles. The van der Waals surface area contributed by atoms with Crippen molar-refractivity contribution < 1.29 is 4.39 Å². The summed E-state index contributed by atoms with van der Waals surface area (Å²) in [6, 6.07) is 1.54. The molecule has 0 spiro atoms. The summed E-state index contributed by atoms with van der Waals surface area (Å²) >= 11 is 1.36. The molecule has 0 unspecified atom stereocenters. The van der Waals surface area contributed by atoms with Crippen LogP contribution in [0.3, 0.4) is 0 Å². The first-order valence-electron chi connectivity index (χ1n) is 4.85. The van der Waals surface area contributed by atoms with Crippen LogP contribution >= 0.6 is 11.3 Å². The van der Waals surface area contributed by atoms with Gasteiger partial charge in [0.2, 0.25) is 0 Å². The molecule has 0 aliphatic rings. The standard InChI is InChI=1S/C11H13FN2S/c1-5(2)8-6(3)4-7(12)9-10(8)15-11(13)14-9/h4-5H,1-3H3,(H2,13,14). The smallest absolute Gasteiger partial charge is 0.181 e. The van der Waals surface area contributed by atoms with Gasteiger partial charge in [-0.15, -0.1) is 0 Å². The zero-order valence-corrected chi connectivity index (χ0v) is 9.78. The van der Waals surface area contributed by atoms with E-state index in [0.717, 1.165) is 15.8 Å². The van der Waals surface area contributed by atoms with Gasteiger partial charge >= 0.3 is 0 Å². The SMILES string of the molecule is Cc1cc(F)c2nc(N)sc2c1C(C)C. The fourth-order valence-corrected chi connectivity index (χ4v) is 3.01. The van der Waals surface area contributed by atoms with E-state index < -0.39 is 0 Å². The molecule has 0 aliphatic heterocycles. The topological polar surface area (TPSA) is 38.9 Å². The number of halogens is 1. The van der Waals surface area contributed by atoms with Crippen LogP contribution < -0.4 is 5.73 Å². The van der Waals surface area contributed by atoms with Gasteiger partial charge in [-0.1, -0.05) is 25.2 Å². The Kier molecular flexibility index (Phi) is 2.38. The lowest BCUT2D eigenvalue weighted by Gasteiger charge is -2.10. The molecule has 2 N–H and O–H groups in total. The van der Waals surface area contributed by atoms with E-state index in [2.05, 4.69) is 18.8 Å². The number of benzene rings is 1. The van der Waals surface area contributed by atoms with Gasteiger partial charge in [0.15, 0.2) is 10.9 Å². The summed E-state index contributed by atoms with van der Waals surface area (Å²) < 4.78 is 14.5. The van der Waals surface area contributed by atoms with E-state index in [9.17, 15) is 4.39 Å². The van der Waals surface area contributed by atoms with Crippen LogP contribution in [0.1, 0.15) is 30.9 Å². The molecule has 0 bridgehead atoms. The Morgan fingerprint density at radius 2 is 2.13 bits per heavy atom. The fourth-order valence-electron chi connectivity index (χ4n) is 1.91. The molecule has 2 nitrogen and oxygen atoms in total. The molecule has 80 valence electrons. The van der Waals surface area contributed by atoms with Crippen molar-refractivity contribution in [2.45, 2.75) is 26.7 Å². The van der Waals surface area contributed by atoms with E-state index in [1.165, 1.54) is 17.4 Å². The molecule has 0 saturated carbocycles. The molecule has 15 heavy (non-hydrogen) atoms. The third-order valence-corrected chi connectivity index (χ3v) is 3.38. The fraction of sp³-hybridized carbons (Fsp3) is 0.364. The summed E-state index contributed by atoms with van der Waals surface area (Å²) in [5, 5.41) is 0.427. The van der Waals surface area contributed by atoms with E-state index in [1.807, 2.05) is 6.92 Å². The van der Waals surface area contributed by atoms with Gasteiger partial charge < -0.3 is 5.73 Å². The highest BCUT2D eigenvalue weighted by Gasteiger charge is 2.16. The predicted molar refractivity (Wildman–Crippen MR) is 62.8 cm³/mol. The minimum absolute atomic E-state index is 0.278. The highest BCUT2D eigenvalue weighted by molar-refractivity contribution is 7.22. The van der Waals surface area contributed by atoms with Crippen molar-refractivity contribution in [1.82, 2.24) is 4.98 Å². The van der Waals surface area contributed by atoms with E-state index in [1.54, 1.807) is 0 Å². The Labute approximate surface area is 91.9 Å². The minimum atomic E-state index is -0.278. The molecule has 0 amide bonds. The van der Waals surface area contributed by atoms with Gasteiger partial charge in [-0.05, 0) is 30.0 Å². The van der Waals surface area contributed by atoms with Crippen LogP contribution in [0.5, 0.6) is 0 Å². The van der Waals surface area contributed by atoms with Crippen molar-refractivity contribution in [3.63, 3.8) is 0 Å². The van der Waals surface area contributed by atoms with Crippen LogP contribution in [0.25, 0.3) is 10.2 Å². The molecule has 0 aliphatic carbocycles. The number of rotatable bonds is 1. The average molecular weight is 224 g/mol. The van der Waals surface area contributed by atoms with Gasteiger partial charge in [0.05, 0.1) is 4.70 Å². The second kappa shape index (κ2) is 3.45. The number of fused-ring (bicyclic) bond motifs is 1. The molecule has 2 rings (SSSR count). The second-order valence-corrected chi connectivity index (χ2v) is 5.00. The maximum Gasteiger partial charge on any atom is 0.181 e. The van der Waals surface area contributed by atoms with E-state index >= 15 is 0 Å². The number of hydrogen-bond donors (Lipinski definition) is 1. The number of thiazole rings is 1. The van der Waals surface area contributed by atoms with Crippen LogP contribution in [0.4, 0.5) is 9.52 Å². The number of anilines is 1. The number of aryl methyl sites for hydroxylation is 1. The first-order valence-corrected chi connectivity index (χ1v) is 5.67. The monoisotopic (exact) mass is 224 g/mol. The lowest BCUT2D eigenvalue weighted by molar-refractivity contribution is 0.635. The van der Waals surface area contributed by atoms with E-state index in [-0.39, 0.29) is 5.82 Å². The summed E-state index contributed by atoms with van der Waals surface area (Å²) in [4.78, 5) is 4.02. The highest BCUT2D eigenvalue weighted by Crippen LogP contribution is 2.35. The van der Waals surface area contributed by atoms with E-state index in [0.29, 0.717) is 16.6 Å². The lowest BCUT2D eigenvalue weighted by atomic mass is 9.97. The number of hydrogen-bond acceptors (Lipinski definition) is 3. The van der Waals surface area contributed by atoms with Gasteiger partial charge in [-0.25, -0.2) is 9.37 Å². The molecule has 1 heterocycles. The largest absolute Gasteiger partial charge is 0.375 e. The van der Waals surface area contributed by atoms with Gasteiger partial charge in [0, 0.05) is 0 Å². The van der Waals surface area contributed by atoms with Crippen molar-refractivity contribution >= 4 is 26.7 Å². The zero-order valence-electron chi connectivity index (χ0n) is 8.97. The van der Waals surface area contributed by atoms with Crippen molar-refractivity contribution in [2.75, 3.05) is 5.73 Å².